The summed E-state index contributed by atoms with van der Waals surface area (Å²) in [6, 6.07) is 0. The molecule has 3 nitrogen and oxygen atoms in total. The quantitative estimate of drug-likeness (QED) is 0.594. The first-order valence-electron chi connectivity index (χ1n) is 4.36. The number of aromatic nitrogens is 3. The van der Waals surface area contributed by atoms with Crippen molar-refractivity contribution in [2.24, 2.45) is 7.05 Å². The van der Waals surface area contributed by atoms with Crippen LogP contribution in [0.3, 0.4) is 0 Å². The molecule has 0 atom stereocenters. The fourth-order valence-corrected chi connectivity index (χ4v) is 2.88. The van der Waals surface area contributed by atoms with E-state index in [1.165, 1.54) is 0 Å². The van der Waals surface area contributed by atoms with Crippen molar-refractivity contribution in [1.29, 1.82) is 0 Å². The molecule has 0 aliphatic rings. The molecule has 0 unspecified atom stereocenters. The zero-order chi connectivity index (χ0) is 11.0. The first-order chi connectivity index (χ1) is 7.19. The molecule has 0 saturated carbocycles. The lowest BCUT2D eigenvalue weighted by molar-refractivity contribution is 0.787. The van der Waals surface area contributed by atoms with Crippen molar-refractivity contribution in [2.45, 2.75) is 6.92 Å². The van der Waals surface area contributed by atoms with E-state index in [2.05, 4.69) is 20.5 Å². The molecule has 0 aliphatic heterocycles. The minimum atomic E-state index is -0.277. The SMILES string of the molecule is C#Cc1nn(C)c2c(C)ncc(I=C)c12. The van der Waals surface area contributed by atoms with Crippen molar-refractivity contribution in [3.8, 4) is 12.3 Å². The predicted molar refractivity (Wildman–Crippen MR) is 71.0 cm³/mol. The smallest absolute Gasteiger partial charge is 0.144 e. The van der Waals surface area contributed by atoms with Gasteiger partial charge in [-0.05, 0) is 12.8 Å². The number of halogens is 1. The van der Waals surface area contributed by atoms with E-state index >= 15 is 0 Å². The Kier molecular flexibility index (Phi) is 2.57. The van der Waals surface area contributed by atoms with Crippen molar-refractivity contribution in [1.82, 2.24) is 14.8 Å². The minimum absolute atomic E-state index is 0.277. The summed E-state index contributed by atoms with van der Waals surface area (Å²) in [6.07, 6.45) is 7.32. The Morgan fingerprint density at radius 1 is 1.60 bits per heavy atom. The summed E-state index contributed by atoms with van der Waals surface area (Å²) in [5.41, 5.74) is 2.70. The molecule has 0 N–H and O–H groups in total. The van der Waals surface area contributed by atoms with Gasteiger partial charge in [0.1, 0.15) is 5.69 Å². The third kappa shape index (κ3) is 1.47. The Bertz CT molecular complexity index is 590. The number of rotatable bonds is 1. The van der Waals surface area contributed by atoms with Gasteiger partial charge in [-0.25, -0.2) is 0 Å². The average Bonchev–Trinajstić information content (AvgIpc) is 2.58. The van der Waals surface area contributed by atoms with Crippen LogP contribution < -0.4 is 0 Å². The Labute approximate surface area is 98.3 Å². The van der Waals surface area contributed by atoms with Gasteiger partial charge in [0.05, 0.1) is 16.6 Å². The van der Waals surface area contributed by atoms with Crippen molar-refractivity contribution in [3.05, 3.63) is 21.2 Å². The third-order valence-electron chi connectivity index (χ3n) is 2.28. The van der Waals surface area contributed by atoms with E-state index in [1.807, 2.05) is 20.2 Å². The molecule has 76 valence electrons. The van der Waals surface area contributed by atoms with Gasteiger partial charge in [-0.15, -0.1) is 6.42 Å². The van der Waals surface area contributed by atoms with Crippen molar-refractivity contribution in [2.75, 3.05) is 0 Å². The van der Waals surface area contributed by atoms with Crippen LogP contribution >= 0.6 is 20.7 Å². The van der Waals surface area contributed by atoms with Crippen LogP contribution in [0.2, 0.25) is 0 Å². The summed E-state index contributed by atoms with van der Waals surface area (Å²) >= 11 is -0.277. The fourth-order valence-electron chi connectivity index (χ4n) is 1.65. The molecule has 0 aromatic carbocycles. The second kappa shape index (κ2) is 3.74. The fraction of sp³-hybridized carbons (Fsp3) is 0.182. The van der Waals surface area contributed by atoms with E-state index in [4.69, 9.17) is 6.42 Å². The number of pyridine rings is 1. The van der Waals surface area contributed by atoms with Crippen LogP contribution in [-0.2, 0) is 7.05 Å². The van der Waals surface area contributed by atoms with Crippen LogP contribution in [0.25, 0.3) is 10.9 Å². The lowest BCUT2D eigenvalue weighted by Crippen LogP contribution is -1.93. The lowest BCUT2D eigenvalue weighted by Gasteiger charge is -2.00. The summed E-state index contributed by atoms with van der Waals surface area (Å²) in [5, 5.41) is 5.37. The highest BCUT2D eigenvalue weighted by Crippen LogP contribution is 2.26. The molecule has 2 heterocycles. The van der Waals surface area contributed by atoms with E-state index in [0.717, 1.165) is 20.2 Å². The monoisotopic (exact) mass is 311 g/mol. The molecule has 0 spiro atoms. The molecular formula is C11H10IN3. The largest absolute Gasteiger partial charge is 0.265 e. The van der Waals surface area contributed by atoms with Crippen LogP contribution in [0.15, 0.2) is 6.20 Å². The number of aryl methyl sites for hydroxylation is 2. The second-order valence-electron chi connectivity index (χ2n) is 3.17. The van der Waals surface area contributed by atoms with Crippen LogP contribution in [0, 0.1) is 22.8 Å². The highest BCUT2D eigenvalue weighted by molar-refractivity contribution is 14.2. The standard InChI is InChI=1S/C11H10IN3/c1-5-9-10-8(12-3)6-13-7(2)11(10)15(4)14-9/h1,6H,3H2,2,4H3. The van der Waals surface area contributed by atoms with Crippen LogP contribution in [0.1, 0.15) is 11.4 Å². The van der Waals surface area contributed by atoms with E-state index < -0.39 is 0 Å². The summed E-state index contributed by atoms with van der Waals surface area (Å²) in [7, 11) is 1.89. The van der Waals surface area contributed by atoms with E-state index in [-0.39, 0.29) is 20.7 Å². The second-order valence-corrected chi connectivity index (χ2v) is 5.09. The molecule has 0 fully saturated rings. The number of fused-ring (bicyclic) bond motifs is 1. The van der Waals surface area contributed by atoms with Gasteiger partial charge in [-0.3, -0.25) is 9.67 Å². The summed E-state index contributed by atoms with van der Waals surface area (Å²) < 4.78 is 6.95. The lowest BCUT2D eigenvalue weighted by atomic mass is 10.2. The van der Waals surface area contributed by atoms with E-state index in [0.29, 0.717) is 5.69 Å². The number of hydrogen-bond donors (Lipinski definition) is 0. The van der Waals surface area contributed by atoms with Crippen LogP contribution in [-0.4, -0.2) is 19.3 Å². The molecule has 2 rings (SSSR count). The highest BCUT2D eigenvalue weighted by atomic mass is 127. The molecular weight excluding hydrogens is 301 g/mol. The van der Waals surface area contributed by atoms with Gasteiger partial charge >= 0.3 is 0 Å². The molecule has 15 heavy (non-hydrogen) atoms. The van der Waals surface area contributed by atoms with Crippen LogP contribution in [0.5, 0.6) is 0 Å². The summed E-state index contributed by atoms with van der Waals surface area (Å²) in [4.78, 5) is 4.34. The van der Waals surface area contributed by atoms with Gasteiger partial charge in [-0.2, -0.15) is 5.10 Å². The van der Waals surface area contributed by atoms with Crippen molar-refractivity contribution in [3.63, 3.8) is 0 Å². The molecule has 0 bridgehead atoms. The Morgan fingerprint density at radius 3 is 2.93 bits per heavy atom. The molecule has 0 radical (unpaired) electrons. The average molecular weight is 311 g/mol. The van der Waals surface area contributed by atoms with Gasteiger partial charge in [0.2, 0.25) is 0 Å². The molecule has 0 saturated heterocycles. The third-order valence-corrected chi connectivity index (χ3v) is 3.92. The minimum Gasteiger partial charge on any atom is -0.265 e. The topological polar surface area (TPSA) is 30.7 Å². The van der Waals surface area contributed by atoms with Gasteiger partial charge < -0.3 is 0 Å². The Hall–Kier alpha value is -1.22. The van der Waals surface area contributed by atoms with E-state index in [1.54, 1.807) is 4.68 Å². The number of nitrogens with zero attached hydrogens (tertiary/aromatic N) is 3. The number of terminal acetylenes is 1. The normalized spacial score (nSPS) is 10.5. The summed E-state index contributed by atoms with van der Waals surface area (Å²) in [6.45, 7) is 1.97. The predicted octanol–water partition coefficient (Wildman–Crippen LogP) is 1.83. The van der Waals surface area contributed by atoms with Gasteiger partial charge in [0, 0.05) is 16.8 Å². The van der Waals surface area contributed by atoms with Crippen molar-refractivity contribution >= 4 is 36.1 Å². The number of hydrogen-bond acceptors (Lipinski definition) is 2. The maximum atomic E-state index is 5.45. The zero-order valence-corrected chi connectivity index (χ0v) is 10.7. The molecule has 2 aromatic heterocycles. The summed E-state index contributed by atoms with van der Waals surface area (Å²) in [5.74, 6) is 2.62. The van der Waals surface area contributed by atoms with Crippen molar-refractivity contribution < 1.29 is 0 Å². The first-order valence-corrected chi connectivity index (χ1v) is 6.96. The van der Waals surface area contributed by atoms with Gasteiger partial charge in [0.15, 0.2) is 0 Å². The Morgan fingerprint density at radius 2 is 2.33 bits per heavy atom. The van der Waals surface area contributed by atoms with Gasteiger partial charge in [-0.1, -0.05) is 25.2 Å². The molecule has 2 aromatic rings. The maximum absolute atomic E-state index is 5.45. The molecule has 4 heteroatoms. The molecule has 0 amide bonds. The Balaban J connectivity index is 3.04. The maximum Gasteiger partial charge on any atom is 0.144 e. The van der Waals surface area contributed by atoms with Crippen LogP contribution in [0.4, 0.5) is 0 Å². The first kappa shape index (κ1) is 10.3. The highest BCUT2D eigenvalue weighted by Gasteiger charge is 2.12. The van der Waals surface area contributed by atoms with Gasteiger partial charge in [0.25, 0.3) is 0 Å². The van der Waals surface area contributed by atoms with E-state index in [9.17, 15) is 0 Å². The zero-order valence-electron chi connectivity index (χ0n) is 8.58. The molecule has 0 aliphatic carbocycles.